The van der Waals surface area contributed by atoms with E-state index in [2.05, 4.69) is 10.3 Å². The lowest BCUT2D eigenvalue weighted by Crippen LogP contribution is -2.15. The second-order valence-corrected chi connectivity index (χ2v) is 4.80. The Morgan fingerprint density at radius 1 is 1.32 bits per heavy atom. The Bertz CT molecular complexity index is 578. The fourth-order valence-corrected chi connectivity index (χ4v) is 1.78. The first-order chi connectivity index (χ1) is 9.16. The van der Waals surface area contributed by atoms with Crippen molar-refractivity contribution in [2.45, 2.75) is 6.61 Å². The summed E-state index contributed by atoms with van der Waals surface area (Å²) in [5, 5.41) is 2.27. The summed E-state index contributed by atoms with van der Waals surface area (Å²) in [6.07, 6.45) is 0.676. The van der Waals surface area contributed by atoms with Crippen LogP contribution in [-0.2, 0) is 11.3 Å². The van der Waals surface area contributed by atoms with Gasteiger partial charge < -0.3 is 4.74 Å². The zero-order valence-corrected chi connectivity index (χ0v) is 11.9. The quantitative estimate of drug-likeness (QED) is 0.839. The second kappa shape index (κ2) is 6.46. The molecule has 0 unspecified atom stereocenters. The van der Waals surface area contributed by atoms with Crippen molar-refractivity contribution < 1.29 is 13.9 Å². The third-order valence-electron chi connectivity index (χ3n) is 2.28. The van der Waals surface area contributed by atoms with E-state index in [4.69, 9.17) is 4.74 Å². The van der Waals surface area contributed by atoms with E-state index in [1.54, 1.807) is 0 Å². The molecule has 1 aromatic heterocycles. The highest BCUT2D eigenvalue weighted by atomic mass is 127. The molecule has 1 aromatic carbocycles. The minimum absolute atomic E-state index is 0.123. The molecule has 1 N–H and O–H groups in total. The Labute approximate surface area is 123 Å². The molecule has 4 nitrogen and oxygen atoms in total. The van der Waals surface area contributed by atoms with Crippen molar-refractivity contribution in [3.63, 3.8) is 0 Å². The number of carbonyl (C=O) groups excluding carboxylic acids is 1. The Kier molecular flexibility index (Phi) is 4.67. The molecule has 0 spiro atoms. The van der Waals surface area contributed by atoms with Crippen molar-refractivity contribution in [3.8, 4) is 0 Å². The van der Waals surface area contributed by atoms with Crippen LogP contribution < -0.4 is 5.32 Å². The van der Waals surface area contributed by atoms with E-state index in [0.29, 0.717) is 3.57 Å². The molecule has 19 heavy (non-hydrogen) atoms. The van der Waals surface area contributed by atoms with Gasteiger partial charge in [-0.2, -0.15) is 0 Å². The first-order valence-electron chi connectivity index (χ1n) is 5.44. The fraction of sp³-hybridized carbons (Fsp3) is 0.0769. The number of nitrogens with one attached hydrogen (secondary N) is 1. The number of anilines is 1. The minimum atomic E-state index is -0.739. The molecular weight excluding hydrogens is 362 g/mol. The molecular formula is C13H10FIN2O2. The van der Waals surface area contributed by atoms with Gasteiger partial charge in [-0.1, -0.05) is 30.3 Å². The van der Waals surface area contributed by atoms with Gasteiger partial charge in [-0.05, 0) is 34.2 Å². The standard InChI is InChI=1S/C13H10FIN2O2/c14-11-10(15)6-7-16-12(11)17-13(18)19-8-9-4-2-1-3-5-9/h1-7H,8H2,(H,16,17,18). The number of aromatic nitrogens is 1. The molecule has 1 amide bonds. The predicted molar refractivity (Wildman–Crippen MR) is 77.2 cm³/mol. The van der Waals surface area contributed by atoms with Crippen molar-refractivity contribution in [1.29, 1.82) is 0 Å². The van der Waals surface area contributed by atoms with Gasteiger partial charge in [0, 0.05) is 6.20 Å². The average Bonchev–Trinajstić information content (AvgIpc) is 2.43. The van der Waals surface area contributed by atoms with Crippen LogP contribution in [0.1, 0.15) is 5.56 Å². The molecule has 0 aliphatic heterocycles. The molecule has 0 aliphatic carbocycles. The SMILES string of the molecule is O=C(Nc1nccc(I)c1F)OCc1ccccc1. The van der Waals surface area contributed by atoms with Crippen molar-refractivity contribution in [2.75, 3.05) is 5.32 Å². The summed E-state index contributed by atoms with van der Waals surface area (Å²) in [5.74, 6) is -0.704. The largest absolute Gasteiger partial charge is 0.444 e. The highest BCUT2D eigenvalue weighted by Gasteiger charge is 2.11. The first kappa shape index (κ1) is 13.7. The summed E-state index contributed by atoms with van der Waals surface area (Å²) in [5.41, 5.74) is 0.855. The number of rotatable bonds is 3. The van der Waals surface area contributed by atoms with Crippen LogP contribution in [0, 0.1) is 9.39 Å². The van der Waals surface area contributed by atoms with E-state index in [9.17, 15) is 9.18 Å². The number of halogens is 2. The molecule has 1 heterocycles. The van der Waals surface area contributed by atoms with Crippen molar-refractivity contribution in [2.24, 2.45) is 0 Å². The maximum atomic E-state index is 13.6. The third-order valence-corrected chi connectivity index (χ3v) is 3.11. The van der Waals surface area contributed by atoms with Gasteiger partial charge in [-0.3, -0.25) is 5.32 Å². The molecule has 2 aromatic rings. The Morgan fingerprint density at radius 3 is 2.79 bits per heavy atom. The zero-order valence-electron chi connectivity index (χ0n) is 9.77. The lowest BCUT2D eigenvalue weighted by Gasteiger charge is -2.07. The van der Waals surface area contributed by atoms with Gasteiger partial charge in [0.05, 0.1) is 3.57 Å². The number of carbonyl (C=O) groups is 1. The van der Waals surface area contributed by atoms with Crippen LogP contribution in [0.25, 0.3) is 0 Å². The molecule has 0 saturated carbocycles. The number of hydrogen-bond acceptors (Lipinski definition) is 3. The van der Waals surface area contributed by atoms with Gasteiger partial charge in [-0.15, -0.1) is 0 Å². The highest BCUT2D eigenvalue weighted by Crippen LogP contribution is 2.16. The normalized spacial score (nSPS) is 10.0. The molecule has 0 atom stereocenters. The monoisotopic (exact) mass is 372 g/mol. The number of pyridine rings is 1. The predicted octanol–water partition coefficient (Wildman–Crippen LogP) is 3.57. The minimum Gasteiger partial charge on any atom is -0.444 e. The molecule has 6 heteroatoms. The lowest BCUT2D eigenvalue weighted by molar-refractivity contribution is 0.155. The zero-order chi connectivity index (χ0) is 13.7. The fourth-order valence-electron chi connectivity index (χ4n) is 1.36. The second-order valence-electron chi connectivity index (χ2n) is 3.64. The molecule has 98 valence electrons. The maximum Gasteiger partial charge on any atom is 0.413 e. The molecule has 0 fully saturated rings. The summed E-state index contributed by atoms with van der Waals surface area (Å²) in [7, 11) is 0. The summed E-state index contributed by atoms with van der Waals surface area (Å²) in [6, 6.07) is 10.7. The average molecular weight is 372 g/mol. The van der Waals surface area contributed by atoms with E-state index in [1.807, 2.05) is 52.9 Å². The van der Waals surface area contributed by atoms with Gasteiger partial charge in [-0.25, -0.2) is 14.2 Å². The van der Waals surface area contributed by atoms with Crippen LogP contribution in [-0.4, -0.2) is 11.1 Å². The Hall–Kier alpha value is -1.70. The summed E-state index contributed by atoms with van der Waals surface area (Å²) in [4.78, 5) is 15.2. The van der Waals surface area contributed by atoms with Gasteiger partial charge in [0.1, 0.15) is 6.61 Å². The molecule has 0 saturated heterocycles. The van der Waals surface area contributed by atoms with Gasteiger partial charge in [0.2, 0.25) is 0 Å². The van der Waals surface area contributed by atoms with Crippen LogP contribution >= 0.6 is 22.6 Å². The van der Waals surface area contributed by atoms with Crippen LogP contribution in [0.15, 0.2) is 42.6 Å². The number of amides is 1. The van der Waals surface area contributed by atoms with Crippen LogP contribution in [0.4, 0.5) is 15.0 Å². The van der Waals surface area contributed by atoms with E-state index >= 15 is 0 Å². The number of hydrogen-bond donors (Lipinski definition) is 1. The van der Waals surface area contributed by atoms with Crippen molar-refractivity contribution >= 4 is 34.5 Å². The van der Waals surface area contributed by atoms with Gasteiger partial charge in [0.25, 0.3) is 0 Å². The van der Waals surface area contributed by atoms with Gasteiger partial charge in [0.15, 0.2) is 11.6 Å². The molecule has 0 radical (unpaired) electrons. The van der Waals surface area contributed by atoms with E-state index in [1.165, 1.54) is 12.3 Å². The Balaban J connectivity index is 1.93. The summed E-state index contributed by atoms with van der Waals surface area (Å²) >= 11 is 1.82. The molecule has 2 rings (SSSR count). The van der Waals surface area contributed by atoms with Crippen molar-refractivity contribution in [3.05, 3.63) is 57.5 Å². The highest BCUT2D eigenvalue weighted by molar-refractivity contribution is 14.1. The lowest BCUT2D eigenvalue weighted by atomic mass is 10.2. The number of nitrogens with zero attached hydrogens (tertiary/aromatic N) is 1. The smallest absolute Gasteiger partial charge is 0.413 e. The van der Waals surface area contributed by atoms with E-state index in [0.717, 1.165) is 5.56 Å². The van der Waals surface area contributed by atoms with Crippen LogP contribution in [0.5, 0.6) is 0 Å². The molecule has 0 bridgehead atoms. The summed E-state index contributed by atoms with van der Waals surface area (Å²) in [6.45, 7) is 0.123. The third kappa shape index (κ3) is 3.88. The van der Waals surface area contributed by atoms with Crippen LogP contribution in [0.2, 0.25) is 0 Å². The first-order valence-corrected chi connectivity index (χ1v) is 6.52. The van der Waals surface area contributed by atoms with E-state index in [-0.39, 0.29) is 12.4 Å². The van der Waals surface area contributed by atoms with Gasteiger partial charge >= 0.3 is 6.09 Å². The number of ether oxygens (including phenoxy) is 1. The Morgan fingerprint density at radius 2 is 2.05 bits per heavy atom. The van der Waals surface area contributed by atoms with E-state index < -0.39 is 11.9 Å². The molecule has 0 aliphatic rings. The summed E-state index contributed by atoms with van der Waals surface area (Å²) < 4.78 is 18.9. The number of benzene rings is 1. The topological polar surface area (TPSA) is 51.2 Å². The maximum absolute atomic E-state index is 13.6. The van der Waals surface area contributed by atoms with Crippen molar-refractivity contribution in [1.82, 2.24) is 4.98 Å². The van der Waals surface area contributed by atoms with Crippen LogP contribution in [0.3, 0.4) is 0 Å².